The van der Waals surface area contributed by atoms with Gasteiger partial charge in [0.05, 0.1) is 29.0 Å². The number of nitrogens with one attached hydrogen (secondary N) is 2. The van der Waals surface area contributed by atoms with Crippen LogP contribution in [0, 0.1) is 11.8 Å². The number of hydrazine groups is 1. The highest BCUT2D eigenvalue weighted by molar-refractivity contribution is 7.99. The Kier molecular flexibility index (Phi) is 7.51. The van der Waals surface area contributed by atoms with Crippen molar-refractivity contribution in [1.82, 2.24) is 15.8 Å². The number of ether oxygens (including phenoxy) is 1. The molecule has 3 heterocycles. The van der Waals surface area contributed by atoms with Crippen LogP contribution in [-0.4, -0.2) is 42.3 Å². The highest BCUT2D eigenvalue weighted by Gasteiger charge is 2.46. The molecule has 2 atom stereocenters. The van der Waals surface area contributed by atoms with Crippen molar-refractivity contribution in [3.05, 3.63) is 63.6 Å². The van der Waals surface area contributed by atoms with Gasteiger partial charge in [-0.05, 0) is 67.7 Å². The van der Waals surface area contributed by atoms with E-state index in [1.165, 1.54) is 17.7 Å². The number of amides is 2. The molecule has 170 valence electrons. The fraction of sp³-hybridized carbons (Fsp3) is 0.391. The molecular formula is C23H25Cl2N3O3S. The molecule has 2 amide bonds. The lowest BCUT2D eigenvalue weighted by atomic mass is 9.78. The van der Waals surface area contributed by atoms with Gasteiger partial charge >= 0.3 is 0 Å². The van der Waals surface area contributed by atoms with Gasteiger partial charge in [0, 0.05) is 10.8 Å². The second-order valence-corrected chi connectivity index (χ2v) is 9.96. The Morgan fingerprint density at radius 2 is 1.81 bits per heavy atom. The number of thioether (sulfide) groups is 1. The lowest BCUT2D eigenvalue weighted by Gasteiger charge is -2.49. The van der Waals surface area contributed by atoms with E-state index in [1.807, 2.05) is 24.3 Å². The maximum atomic E-state index is 13.1. The number of nitrogens with zero attached hydrogens (tertiary/aromatic N) is 1. The molecule has 2 N–H and O–H groups in total. The Labute approximate surface area is 201 Å². The van der Waals surface area contributed by atoms with Gasteiger partial charge in [-0.1, -0.05) is 35.3 Å². The second kappa shape index (κ2) is 10.3. The maximum Gasteiger partial charge on any atom is 0.271 e. The standard InChI is InChI=1S/C23H25Cl2N3O3S/c1-31-17-5-2-14(3-6-17)13-32-23-20(15-8-10-28(23)11-9-15)22(30)27-26-21(29)18-7-4-16(24)12-19(18)25/h2-7,12,15,20,23H,8-11,13H2,1H3,(H,26,29)(H,27,30). The molecule has 5 rings (SSSR count). The number of hydrogen-bond acceptors (Lipinski definition) is 5. The average molecular weight is 494 g/mol. The quantitative estimate of drug-likeness (QED) is 0.584. The first kappa shape index (κ1) is 23.2. The molecular weight excluding hydrogens is 469 g/mol. The van der Waals surface area contributed by atoms with E-state index in [-0.39, 0.29) is 27.8 Å². The smallest absolute Gasteiger partial charge is 0.271 e. The summed E-state index contributed by atoms with van der Waals surface area (Å²) in [5.41, 5.74) is 6.59. The molecule has 0 saturated carbocycles. The van der Waals surface area contributed by atoms with E-state index in [9.17, 15) is 9.59 Å². The lowest BCUT2D eigenvalue weighted by Crippen LogP contribution is -2.59. The monoisotopic (exact) mass is 493 g/mol. The average Bonchev–Trinajstić information content (AvgIpc) is 2.81. The van der Waals surface area contributed by atoms with Gasteiger partial charge in [0.2, 0.25) is 5.91 Å². The normalized spacial score (nSPS) is 24.1. The van der Waals surface area contributed by atoms with E-state index >= 15 is 0 Å². The van der Waals surface area contributed by atoms with E-state index < -0.39 is 5.91 Å². The van der Waals surface area contributed by atoms with Crippen LogP contribution in [-0.2, 0) is 10.5 Å². The summed E-state index contributed by atoms with van der Waals surface area (Å²) >= 11 is 13.8. The third-order valence-corrected chi connectivity index (χ3v) is 8.09. The topological polar surface area (TPSA) is 70.7 Å². The molecule has 32 heavy (non-hydrogen) atoms. The first-order valence-electron chi connectivity index (χ1n) is 10.5. The summed E-state index contributed by atoms with van der Waals surface area (Å²) in [7, 11) is 1.65. The van der Waals surface area contributed by atoms with Crippen LogP contribution in [0.15, 0.2) is 42.5 Å². The number of methoxy groups -OCH3 is 1. The number of piperidine rings is 3. The molecule has 0 radical (unpaired) electrons. The minimum Gasteiger partial charge on any atom is -0.497 e. The van der Waals surface area contributed by atoms with Crippen molar-refractivity contribution in [1.29, 1.82) is 0 Å². The molecule has 0 spiro atoms. The maximum absolute atomic E-state index is 13.1. The van der Waals surface area contributed by atoms with Gasteiger partial charge in [-0.3, -0.25) is 25.3 Å². The van der Waals surface area contributed by atoms with E-state index in [4.69, 9.17) is 27.9 Å². The van der Waals surface area contributed by atoms with Gasteiger partial charge in [-0.2, -0.15) is 0 Å². The highest BCUT2D eigenvalue weighted by Crippen LogP contribution is 2.42. The highest BCUT2D eigenvalue weighted by atomic mass is 35.5. The zero-order chi connectivity index (χ0) is 22.7. The third-order valence-electron chi connectivity index (χ3n) is 6.11. The number of halogens is 2. The van der Waals surface area contributed by atoms with E-state index in [2.05, 4.69) is 15.8 Å². The molecule has 6 nitrogen and oxygen atoms in total. The van der Waals surface area contributed by atoms with Gasteiger partial charge in [-0.25, -0.2) is 0 Å². The van der Waals surface area contributed by atoms with Gasteiger partial charge in [-0.15, -0.1) is 11.8 Å². The predicted octanol–water partition coefficient (Wildman–Crippen LogP) is 4.36. The SMILES string of the molecule is COc1ccc(CSC2C(C(=O)NNC(=O)c3ccc(Cl)cc3Cl)C3CCN2CC3)cc1. The number of carbonyl (C=O) groups excluding carboxylic acids is 2. The Balaban J connectivity index is 1.40. The molecule has 3 saturated heterocycles. The molecule has 0 aromatic heterocycles. The molecule has 2 bridgehead atoms. The summed E-state index contributed by atoms with van der Waals surface area (Å²) in [4.78, 5) is 28.0. The number of fused-ring (bicyclic) bond motifs is 3. The van der Waals surface area contributed by atoms with Gasteiger partial charge in [0.1, 0.15) is 5.75 Å². The van der Waals surface area contributed by atoms with Crippen molar-refractivity contribution in [2.75, 3.05) is 20.2 Å². The molecule has 2 aromatic carbocycles. The molecule has 9 heteroatoms. The number of carbonyl (C=O) groups is 2. The van der Waals surface area contributed by atoms with Gasteiger partial charge in [0.25, 0.3) is 5.91 Å². The molecule has 3 fully saturated rings. The number of benzene rings is 2. The molecule has 3 aliphatic heterocycles. The van der Waals surface area contributed by atoms with Crippen LogP contribution in [0.3, 0.4) is 0 Å². The minimum atomic E-state index is -0.469. The number of rotatable bonds is 6. The molecule has 0 aliphatic carbocycles. The summed E-state index contributed by atoms with van der Waals surface area (Å²) in [6.45, 7) is 2.00. The van der Waals surface area contributed by atoms with E-state index in [0.717, 1.165) is 37.4 Å². The zero-order valence-corrected chi connectivity index (χ0v) is 20.0. The van der Waals surface area contributed by atoms with Gasteiger partial charge in [0.15, 0.2) is 0 Å². The summed E-state index contributed by atoms with van der Waals surface area (Å²) in [6, 6.07) is 12.6. The fourth-order valence-corrected chi connectivity index (χ4v) is 6.42. The summed E-state index contributed by atoms with van der Waals surface area (Å²) in [5.74, 6) is 1.11. The Morgan fingerprint density at radius 3 is 2.47 bits per heavy atom. The molecule has 2 unspecified atom stereocenters. The summed E-state index contributed by atoms with van der Waals surface area (Å²) in [6.07, 6.45) is 1.99. The minimum absolute atomic E-state index is 0.0700. The van der Waals surface area contributed by atoms with E-state index in [1.54, 1.807) is 24.9 Å². The molecule has 3 aliphatic rings. The van der Waals surface area contributed by atoms with Crippen LogP contribution < -0.4 is 15.6 Å². The van der Waals surface area contributed by atoms with Crippen LogP contribution in [0.1, 0.15) is 28.8 Å². The summed E-state index contributed by atoms with van der Waals surface area (Å²) in [5, 5.41) is 0.750. The van der Waals surface area contributed by atoms with Crippen LogP contribution >= 0.6 is 35.0 Å². The van der Waals surface area contributed by atoms with Gasteiger partial charge < -0.3 is 4.74 Å². The first-order chi connectivity index (χ1) is 15.5. The van der Waals surface area contributed by atoms with Crippen LogP contribution in [0.25, 0.3) is 0 Å². The van der Waals surface area contributed by atoms with E-state index in [0.29, 0.717) is 10.9 Å². The van der Waals surface area contributed by atoms with Crippen LogP contribution in [0.2, 0.25) is 10.0 Å². The summed E-state index contributed by atoms with van der Waals surface area (Å²) < 4.78 is 5.23. The van der Waals surface area contributed by atoms with Crippen LogP contribution in [0.5, 0.6) is 5.75 Å². The Bertz CT molecular complexity index is 981. The van der Waals surface area contributed by atoms with Crippen LogP contribution in [0.4, 0.5) is 0 Å². The lowest BCUT2D eigenvalue weighted by molar-refractivity contribution is -0.133. The Hall–Kier alpha value is -1.93. The van der Waals surface area contributed by atoms with Crippen molar-refractivity contribution < 1.29 is 14.3 Å². The van der Waals surface area contributed by atoms with Crippen molar-refractivity contribution in [2.45, 2.75) is 24.0 Å². The molecule has 2 aromatic rings. The predicted molar refractivity (Wildman–Crippen MR) is 128 cm³/mol. The van der Waals surface area contributed by atoms with Crippen molar-refractivity contribution in [2.24, 2.45) is 11.8 Å². The Morgan fingerprint density at radius 1 is 1.09 bits per heavy atom. The third kappa shape index (κ3) is 5.17. The second-order valence-electron chi connectivity index (χ2n) is 8.02. The zero-order valence-electron chi connectivity index (χ0n) is 17.6. The van der Waals surface area contributed by atoms with Crippen molar-refractivity contribution >= 4 is 46.8 Å². The largest absolute Gasteiger partial charge is 0.497 e. The first-order valence-corrected chi connectivity index (χ1v) is 12.3. The number of hydrogen-bond donors (Lipinski definition) is 2. The fourth-order valence-electron chi connectivity index (χ4n) is 4.39. The van der Waals surface area contributed by atoms with Crippen molar-refractivity contribution in [3.8, 4) is 5.75 Å². The van der Waals surface area contributed by atoms with Crippen molar-refractivity contribution in [3.63, 3.8) is 0 Å².